The monoisotopic (exact) mass is 150 g/mol. The fourth-order valence-electron chi connectivity index (χ4n) is 1.50. The Morgan fingerprint density at radius 3 is 3.27 bits per heavy atom. The molecular formula is C9H10O2. The molecule has 0 bridgehead atoms. The molecule has 2 nitrogen and oxygen atoms in total. The van der Waals surface area contributed by atoms with Crippen molar-refractivity contribution in [3.05, 3.63) is 23.3 Å². The number of esters is 1. The molecule has 2 rings (SSSR count). The molecule has 1 aliphatic heterocycles. The van der Waals surface area contributed by atoms with Crippen LogP contribution in [0.15, 0.2) is 23.3 Å². The van der Waals surface area contributed by atoms with Gasteiger partial charge in [0.05, 0.1) is 5.57 Å². The van der Waals surface area contributed by atoms with Gasteiger partial charge in [-0.3, -0.25) is 0 Å². The second-order valence-electron chi connectivity index (χ2n) is 3.10. The van der Waals surface area contributed by atoms with Crippen LogP contribution in [0.3, 0.4) is 0 Å². The molecule has 1 saturated heterocycles. The molecule has 1 heterocycles. The molecule has 2 heteroatoms. The van der Waals surface area contributed by atoms with E-state index in [1.165, 1.54) is 0 Å². The third kappa shape index (κ3) is 0.985. The number of allylic oxidation sites excluding steroid dienone is 2. The van der Waals surface area contributed by atoms with Crippen LogP contribution in [0.5, 0.6) is 0 Å². The lowest BCUT2D eigenvalue weighted by atomic mass is 9.93. The molecule has 0 amide bonds. The average molecular weight is 150 g/mol. The van der Waals surface area contributed by atoms with Gasteiger partial charge in [0.2, 0.25) is 0 Å². The molecule has 0 N–H and O–H groups in total. The summed E-state index contributed by atoms with van der Waals surface area (Å²) in [4.78, 5) is 11.0. The predicted octanol–water partition coefficient (Wildman–Crippen LogP) is 1.44. The molecule has 0 aromatic rings. The van der Waals surface area contributed by atoms with Crippen LogP contribution in [0.25, 0.3) is 0 Å². The van der Waals surface area contributed by atoms with Crippen LogP contribution in [-0.2, 0) is 9.53 Å². The van der Waals surface area contributed by atoms with E-state index >= 15 is 0 Å². The van der Waals surface area contributed by atoms with Crippen molar-refractivity contribution in [2.45, 2.75) is 13.3 Å². The van der Waals surface area contributed by atoms with Crippen molar-refractivity contribution in [2.24, 2.45) is 5.92 Å². The minimum Gasteiger partial charge on any atom is -0.457 e. The first kappa shape index (κ1) is 6.65. The maximum Gasteiger partial charge on any atom is 0.338 e. The normalized spacial score (nSPS) is 28.8. The fraction of sp³-hybridized carbons (Fsp3) is 0.444. The highest BCUT2D eigenvalue weighted by Crippen LogP contribution is 2.28. The van der Waals surface area contributed by atoms with Gasteiger partial charge in [0.15, 0.2) is 0 Å². The Kier molecular flexibility index (Phi) is 1.34. The first-order valence-corrected chi connectivity index (χ1v) is 3.86. The number of ether oxygens (including phenoxy) is 1. The Morgan fingerprint density at radius 1 is 1.64 bits per heavy atom. The molecule has 1 aliphatic carbocycles. The van der Waals surface area contributed by atoms with E-state index in [1.807, 2.05) is 6.08 Å². The summed E-state index contributed by atoms with van der Waals surface area (Å²) in [6.45, 7) is 2.62. The van der Waals surface area contributed by atoms with Crippen molar-refractivity contribution in [2.75, 3.05) is 6.61 Å². The van der Waals surface area contributed by atoms with Crippen molar-refractivity contribution < 1.29 is 9.53 Å². The molecule has 0 spiro atoms. The van der Waals surface area contributed by atoms with E-state index < -0.39 is 0 Å². The second kappa shape index (κ2) is 2.22. The summed E-state index contributed by atoms with van der Waals surface area (Å²) in [5.74, 6) is 0.409. The third-order valence-corrected chi connectivity index (χ3v) is 2.10. The van der Waals surface area contributed by atoms with E-state index in [-0.39, 0.29) is 5.97 Å². The zero-order valence-electron chi connectivity index (χ0n) is 6.46. The zero-order chi connectivity index (χ0) is 7.84. The number of rotatable bonds is 0. The molecular weight excluding hydrogens is 140 g/mol. The van der Waals surface area contributed by atoms with Crippen LogP contribution in [-0.4, -0.2) is 12.6 Å². The SMILES string of the molecule is CC1C=C2COC(=O)C2=CC1. The lowest BCUT2D eigenvalue weighted by Crippen LogP contribution is -2.01. The first-order valence-electron chi connectivity index (χ1n) is 3.86. The van der Waals surface area contributed by atoms with Crippen molar-refractivity contribution in [1.29, 1.82) is 0 Å². The molecule has 58 valence electrons. The number of hydrogen-bond donors (Lipinski definition) is 0. The van der Waals surface area contributed by atoms with Gasteiger partial charge in [-0.2, -0.15) is 0 Å². The summed E-state index contributed by atoms with van der Waals surface area (Å²) in [7, 11) is 0. The number of hydrogen-bond acceptors (Lipinski definition) is 2. The number of carbonyl (C=O) groups is 1. The number of cyclic esters (lactones) is 1. The lowest BCUT2D eigenvalue weighted by Gasteiger charge is -2.09. The lowest BCUT2D eigenvalue weighted by molar-refractivity contribution is -0.135. The van der Waals surface area contributed by atoms with Crippen LogP contribution in [0, 0.1) is 5.92 Å². The predicted molar refractivity (Wildman–Crippen MR) is 40.9 cm³/mol. The Morgan fingerprint density at radius 2 is 2.45 bits per heavy atom. The van der Waals surface area contributed by atoms with E-state index in [0.717, 1.165) is 17.6 Å². The molecule has 11 heavy (non-hydrogen) atoms. The zero-order valence-corrected chi connectivity index (χ0v) is 6.46. The summed E-state index contributed by atoms with van der Waals surface area (Å²) in [6, 6.07) is 0. The molecule has 1 unspecified atom stereocenters. The smallest absolute Gasteiger partial charge is 0.338 e. The highest BCUT2D eigenvalue weighted by molar-refractivity contribution is 5.96. The Labute approximate surface area is 65.5 Å². The average Bonchev–Trinajstić information content (AvgIpc) is 2.32. The molecule has 0 radical (unpaired) electrons. The number of fused-ring (bicyclic) bond motifs is 1. The summed E-state index contributed by atoms with van der Waals surface area (Å²) in [5.41, 5.74) is 1.87. The molecule has 0 aromatic heterocycles. The van der Waals surface area contributed by atoms with Gasteiger partial charge in [-0.25, -0.2) is 4.79 Å². The highest BCUT2D eigenvalue weighted by Gasteiger charge is 2.26. The summed E-state index contributed by atoms with van der Waals surface area (Å²) in [6.07, 6.45) is 5.07. The van der Waals surface area contributed by atoms with Gasteiger partial charge in [-0.15, -0.1) is 0 Å². The van der Waals surface area contributed by atoms with E-state index in [1.54, 1.807) is 0 Å². The third-order valence-electron chi connectivity index (χ3n) is 2.10. The Hall–Kier alpha value is -1.05. The number of carbonyl (C=O) groups excluding carboxylic acids is 1. The van der Waals surface area contributed by atoms with E-state index in [2.05, 4.69) is 13.0 Å². The van der Waals surface area contributed by atoms with Gasteiger partial charge in [0, 0.05) is 0 Å². The van der Waals surface area contributed by atoms with Gasteiger partial charge < -0.3 is 4.74 Å². The second-order valence-corrected chi connectivity index (χ2v) is 3.10. The fourth-order valence-corrected chi connectivity index (χ4v) is 1.50. The van der Waals surface area contributed by atoms with Gasteiger partial charge in [0.1, 0.15) is 6.61 Å². The van der Waals surface area contributed by atoms with Crippen LogP contribution in [0.2, 0.25) is 0 Å². The van der Waals surface area contributed by atoms with E-state index in [4.69, 9.17) is 4.74 Å². The molecule has 0 aromatic carbocycles. The van der Waals surface area contributed by atoms with Gasteiger partial charge in [0.25, 0.3) is 0 Å². The van der Waals surface area contributed by atoms with Crippen LogP contribution >= 0.6 is 0 Å². The maximum atomic E-state index is 11.0. The summed E-state index contributed by atoms with van der Waals surface area (Å²) in [5, 5.41) is 0. The van der Waals surface area contributed by atoms with Crippen molar-refractivity contribution >= 4 is 5.97 Å². The van der Waals surface area contributed by atoms with Gasteiger partial charge in [-0.05, 0) is 17.9 Å². The van der Waals surface area contributed by atoms with Gasteiger partial charge in [-0.1, -0.05) is 19.1 Å². The van der Waals surface area contributed by atoms with Crippen molar-refractivity contribution in [3.63, 3.8) is 0 Å². The van der Waals surface area contributed by atoms with E-state index in [9.17, 15) is 4.79 Å². The summed E-state index contributed by atoms with van der Waals surface area (Å²) >= 11 is 0. The van der Waals surface area contributed by atoms with Gasteiger partial charge >= 0.3 is 5.97 Å². The minimum absolute atomic E-state index is 0.150. The minimum atomic E-state index is -0.150. The Balaban J connectivity index is 2.35. The molecule has 1 fully saturated rings. The maximum absolute atomic E-state index is 11.0. The molecule has 1 atom stereocenters. The Bertz CT molecular complexity index is 261. The topological polar surface area (TPSA) is 26.3 Å². The first-order chi connectivity index (χ1) is 5.27. The highest BCUT2D eigenvalue weighted by atomic mass is 16.5. The van der Waals surface area contributed by atoms with Crippen LogP contribution in [0.1, 0.15) is 13.3 Å². The van der Waals surface area contributed by atoms with Crippen LogP contribution in [0.4, 0.5) is 0 Å². The quantitative estimate of drug-likeness (QED) is 0.488. The van der Waals surface area contributed by atoms with E-state index in [0.29, 0.717) is 12.5 Å². The van der Waals surface area contributed by atoms with Crippen LogP contribution < -0.4 is 0 Å². The largest absolute Gasteiger partial charge is 0.457 e. The van der Waals surface area contributed by atoms with Crippen molar-refractivity contribution in [1.82, 2.24) is 0 Å². The molecule has 0 saturated carbocycles. The molecule has 2 aliphatic rings. The standard InChI is InChI=1S/C9H10O2/c1-6-2-3-8-7(4-6)5-11-9(8)10/h3-4,6H,2,5H2,1H3. The summed E-state index contributed by atoms with van der Waals surface area (Å²) < 4.78 is 4.87. The van der Waals surface area contributed by atoms with Crippen molar-refractivity contribution in [3.8, 4) is 0 Å².